The highest BCUT2D eigenvalue weighted by Crippen LogP contribution is 2.24. The van der Waals surface area contributed by atoms with Crippen molar-refractivity contribution in [2.75, 3.05) is 10.6 Å². The lowest BCUT2D eigenvalue weighted by Gasteiger charge is -2.08. The van der Waals surface area contributed by atoms with Crippen LogP contribution in [0.15, 0.2) is 18.2 Å². The Hall–Kier alpha value is -2.28. The van der Waals surface area contributed by atoms with Gasteiger partial charge in [0.15, 0.2) is 0 Å². The van der Waals surface area contributed by atoms with Crippen LogP contribution in [0.25, 0.3) is 0 Å². The van der Waals surface area contributed by atoms with Crippen molar-refractivity contribution < 1.29 is 9.59 Å². The molecule has 1 aromatic heterocycles. The normalized spacial score (nSPS) is 14.0. The molecule has 0 radical (unpaired) electrons. The first-order valence-electron chi connectivity index (χ1n) is 7.22. The Morgan fingerprint density at radius 1 is 1.36 bits per heavy atom. The molecular formula is C15H16N4O2S. The Labute approximate surface area is 132 Å². The molecule has 7 heteroatoms. The molecule has 22 heavy (non-hydrogen) atoms. The first-order valence-corrected chi connectivity index (χ1v) is 8.04. The summed E-state index contributed by atoms with van der Waals surface area (Å²) in [7, 11) is 0. The number of carbonyl (C=O) groups is 2. The van der Waals surface area contributed by atoms with E-state index in [1.807, 2.05) is 13.0 Å². The van der Waals surface area contributed by atoms with E-state index in [1.165, 1.54) is 11.3 Å². The summed E-state index contributed by atoms with van der Waals surface area (Å²) in [6.07, 6.45) is 2.89. The number of nitrogens with zero attached hydrogens (tertiary/aromatic N) is 2. The second kappa shape index (κ2) is 6.23. The Balaban J connectivity index is 1.78. The third-order valence-corrected chi connectivity index (χ3v) is 4.46. The third-order valence-electron chi connectivity index (χ3n) is 3.48. The van der Waals surface area contributed by atoms with Crippen LogP contribution < -0.4 is 10.6 Å². The van der Waals surface area contributed by atoms with Crippen LogP contribution in [0.2, 0.25) is 0 Å². The van der Waals surface area contributed by atoms with E-state index in [9.17, 15) is 9.59 Å². The second-order valence-electron chi connectivity index (χ2n) is 5.08. The number of anilines is 2. The summed E-state index contributed by atoms with van der Waals surface area (Å²) in [5, 5.41) is 14.9. The minimum Gasteiger partial charge on any atom is -0.326 e. The maximum absolute atomic E-state index is 12.3. The largest absolute Gasteiger partial charge is 0.326 e. The molecule has 0 saturated carbocycles. The molecule has 6 nitrogen and oxygen atoms in total. The number of carbonyl (C=O) groups excluding carboxylic acids is 2. The summed E-state index contributed by atoms with van der Waals surface area (Å²) in [5.41, 5.74) is 2.34. The molecule has 0 atom stereocenters. The minimum atomic E-state index is -0.211. The fourth-order valence-corrected chi connectivity index (χ4v) is 3.01. The maximum atomic E-state index is 12.3. The van der Waals surface area contributed by atoms with Crippen molar-refractivity contribution in [2.24, 2.45) is 0 Å². The second-order valence-corrected chi connectivity index (χ2v) is 6.14. The Morgan fingerprint density at radius 2 is 2.23 bits per heavy atom. The lowest BCUT2D eigenvalue weighted by molar-refractivity contribution is -0.116. The van der Waals surface area contributed by atoms with E-state index >= 15 is 0 Å². The van der Waals surface area contributed by atoms with E-state index in [2.05, 4.69) is 20.8 Å². The van der Waals surface area contributed by atoms with Crippen molar-refractivity contribution in [1.29, 1.82) is 0 Å². The zero-order valence-corrected chi connectivity index (χ0v) is 13.0. The standard InChI is InChI=1S/C15H16N4O2S/c1-2-13-18-19-15(22-13)17-14(21)10-6-7-11-9(8-10)4-3-5-12(20)16-11/h6-8H,2-5H2,1H3,(H,16,20)(H,17,19,21). The zero-order valence-electron chi connectivity index (χ0n) is 12.2. The number of aryl methyl sites for hydroxylation is 2. The van der Waals surface area contributed by atoms with E-state index in [1.54, 1.807) is 12.1 Å². The molecule has 2 N–H and O–H groups in total. The predicted octanol–water partition coefficient (Wildman–Crippen LogP) is 2.63. The van der Waals surface area contributed by atoms with Crippen molar-refractivity contribution in [2.45, 2.75) is 32.6 Å². The van der Waals surface area contributed by atoms with Gasteiger partial charge in [-0.05, 0) is 43.0 Å². The molecule has 2 heterocycles. The molecule has 0 bridgehead atoms. The van der Waals surface area contributed by atoms with Crippen LogP contribution in [0.3, 0.4) is 0 Å². The quantitative estimate of drug-likeness (QED) is 0.911. The van der Waals surface area contributed by atoms with Gasteiger partial charge in [0.2, 0.25) is 11.0 Å². The van der Waals surface area contributed by atoms with Crippen LogP contribution in [0.4, 0.5) is 10.8 Å². The Kier molecular flexibility index (Phi) is 4.15. The van der Waals surface area contributed by atoms with Gasteiger partial charge in [0.1, 0.15) is 5.01 Å². The van der Waals surface area contributed by atoms with E-state index in [-0.39, 0.29) is 11.8 Å². The highest BCUT2D eigenvalue weighted by molar-refractivity contribution is 7.15. The molecule has 2 aromatic rings. The smallest absolute Gasteiger partial charge is 0.257 e. The maximum Gasteiger partial charge on any atom is 0.257 e. The van der Waals surface area contributed by atoms with Crippen LogP contribution in [0.1, 0.15) is 40.7 Å². The number of hydrogen-bond acceptors (Lipinski definition) is 5. The molecule has 3 rings (SSSR count). The van der Waals surface area contributed by atoms with Crippen LogP contribution in [0, 0.1) is 0 Å². The number of aromatic nitrogens is 2. The number of amides is 2. The van der Waals surface area contributed by atoms with Gasteiger partial charge >= 0.3 is 0 Å². The summed E-state index contributed by atoms with van der Waals surface area (Å²) in [4.78, 5) is 23.8. The molecule has 0 saturated heterocycles. The lowest BCUT2D eigenvalue weighted by Crippen LogP contribution is -2.13. The average Bonchev–Trinajstić information content (AvgIpc) is 2.87. The van der Waals surface area contributed by atoms with Gasteiger partial charge < -0.3 is 5.32 Å². The molecule has 0 spiro atoms. The SMILES string of the molecule is CCc1nnc(NC(=O)c2ccc3c(c2)CCCC(=O)N3)s1. The topological polar surface area (TPSA) is 84.0 Å². The summed E-state index contributed by atoms with van der Waals surface area (Å²) < 4.78 is 0. The van der Waals surface area contributed by atoms with Gasteiger partial charge in [0.05, 0.1) is 0 Å². The summed E-state index contributed by atoms with van der Waals surface area (Å²) in [5.74, 6) is -0.186. The van der Waals surface area contributed by atoms with Gasteiger partial charge in [0, 0.05) is 17.7 Å². The highest BCUT2D eigenvalue weighted by atomic mass is 32.1. The van der Waals surface area contributed by atoms with Crippen LogP contribution in [0.5, 0.6) is 0 Å². The van der Waals surface area contributed by atoms with Crippen LogP contribution in [-0.4, -0.2) is 22.0 Å². The van der Waals surface area contributed by atoms with E-state index in [0.717, 1.165) is 35.5 Å². The van der Waals surface area contributed by atoms with Gasteiger partial charge in [-0.3, -0.25) is 14.9 Å². The fourth-order valence-electron chi connectivity index (χ4n) is 2.33. The van der Waals surface area contributed by atoms with E-state index in [4.69, 9.17) is 0 Å². The number of rotatable bonds is 3. The average molecular weight is 316 g/mol. The first-order chi connectivity index (χ1) is 10.7. The summed E-state index contributed by atoms with van der Waals surface area (Å²) >= 11 is 1.38. The monoisotopic (exact) mass is 316 g/mol. The summed E-state index contributed by atoms with van der Waals surface area (Å²) in [6.45, 7) is 1.99. The van der Waals surface area contributed by atoms with E-state index in [0.29, 0.717) is 17.1 Å². The van der Waals surface area contributed by atoms with Gasteiger partial charge in [-0.2, -0.15) is 0 Å². The van der Waals surface area contributed by atoms with Crippen molar-refractivity contribution in [1.82, 2.24) is 10.2 Å². The van der Waals surface area contributed by atoms with Crippen LogP contribution >= 0.6 is 11.3 Å². The van der Waals surface area contributed by atoms with Crippen molar-refractivity contribution in [3.05, 3.63) is 34.3 Å². The third kappa shape index (κ3) is 3.14. The molecular weight excluding hydrogens is 300 g/mol. The Morgan fingerprint density at radius 3 is 3.00 bits per heavy atom. The lowest BCUT2D eigenvalue weighted by atomic mass is 10.0. The zero-order chi connectivity index (χ0) is 15.5. The molecule has 0 fully saturated rings. The number of fused-ring (bicyclic) bond motifs is 1. The van der Waals surface area contributed by atoms with E-state index < -0.39 is 0 Å². The van der Waals surface area contributed by atoms with Crippen LogP contribution in [-0.2, 0) is 17.6 Å². The molecule has 2 amide bonds. The van der Waals surface area contributed by atoms with Crippen molar-refractivity contribution in [3.63, 3.8) is 0 Å². The number of benzene rings is 1. The summed E-state index contributed by atoms with van der Waals surface area (Å²) in [6, 6.07) is 5.32. The Bertz CT molecular complexity index is 726. The molecule has 0 aliphatic carbocycles. The van der Waals surface area contributed by atoms with Gasteiger partial charge in [-0.15, -0.1) is 10.2 Å². The molecule has 1 aliphatic heterocycles. The fraction of sp³-hybridized carbons (Fsp3) is 0.333. The highest BCUT2D eigenvalue weighted by Gasteiger charge is 2.16. The van der Waals surface area contributed by atoms with Crippen molar-refractivity contribution in [3.8, 4) is 0 Å². The van der Waals surface area contributed by atoms with Gasteiger partial charge in [0.25, 0.3) is 5.91 Å². The van der Waals surface area contributed by atoms with Gasteiger partial charge in [-0.25, -0.2) is 0 Å². The predicted molar refractivity (Wildman–Crippen MR) is 85.2 cm³/mol. The molecule has 1 aliphatic rings. The number of hydrogen-bond donors (Lipinski definition) is 2. The van der Waals surface area contributed by atoms with Crippen molar-refractivity contribution >= 4 is 34.0 Å². The molecule has 1 aromatic carbocycles. The van der Waals surface area contributed by atoms with Gasteiger partial charge in [-0.1, -0.05) is 18.3 Å². The molecule has 114 valence electrons. The number of nitrogens with one attached hydrogen (secondary N) is 2. The molecule has 0 unspecified atom stereocenters. The minimum absolute atomic E-state index is 0.0249. The first kappa shape index (κ1) is 14.6.